The number of aryl methyl sites for hydroxylation is 1. The van der Waals surface area contributed by atoms with Crippen LogP contribution in [-0.4, -0.2) is 18.0 Å². The molecule has 1 unspecified atom stereocenters. The third kappa shape index (κ3) is 2.35. The fourth-order valence-corrected chi connectivity index (χ4v) is 4.53. The first kappa shape index (κ1) is 13.9. The van der Waals surface area contributed by atoms with E-state index in [2.05, 4.69) is 36.9 Å². The van der Waals surface area contributed by atoms with Gasteiger partial charge in [-0.1, -0.05) is 32.8 Å². The van der Waals surface area contributed by atoms with Gasteiger partial charge in [-0.25, -0.2) is 0 Å². The number of nitrogens with zero attached hydrogens (tertiary/aromatic N) is 1. The number of fused-ring (bicyclic) bond motifs is 1. The summed E-state index contributed by atoms with van der Waals surface area (Å²) >= 11 is 0. The Kier molecular flexibility index (Phi) is 3.76. The van der Waals surface area contributed by atoms with Crippen molar-refractivity contribution in [2.24, 2.45) is 5.41 Å². The maximum atomic E-state index is 5.91. The molecule has 0 radical (unpaired) electrons. The molecule has 0 spiro atoms. The predicted octanol–water partition coefficient (Wildman–Crippen LogP) is 4.16. The van der Waals surface area contributed by atoms with E-state index in [1.165, 1.54) is 57.2 Å². The Hall–Kier alpha value is -1.02. The fraction of sp³-hybridized carbons (Fsp3) is 0.667. The molecule has 0 saturated carbocycles. The van der Waals surface area contributed by atoms with Crippen molar-refractivity contribution in [3.63, 3.8) is 0 Å². The molecule has 0 aromatic heterocycles. The van der Waals surface area contributed by atoms with Gasteiger partial charge in [-0.15, -0.1) is 0 Å². The third-order valence-electron chi connectivity index (χ3n) is 5.29. The van der Waals surface area contributed by atoms with Gasteiger partial charge in [0.25, 0.3) is 0 Å². The molecule has 2 aliphatic rings. The zero-order chi connectivity index (χ0) is 14.2. The van der Waals surface area contributed by atoms with Gasteiger partial charge >= 0.3 is 0 Å². The molecule has 1 aromatic carbocycles. The molecule has 1 aromatic rings. The summed E-state index contributed by atoms with van der Waals surface area (Å²) in [5, 5.41) is 0. The summed E-state index contributed by atoms with van der Waals surface area (Å²) in [6.07, 6.45) is 7.94. The summed E-state index contributed by atoms with van der Waals surface area (Å²) in [5.74, 6) is 0. The molecule has 3 rings (SSSR count). The first-order valence-corrected chi connectivity index (χ1v) is 8.30. The average molecular weight is 272 g/mol. The van der Waals surface area contributed by atoms with Crippen LogP contribution in [0.1, 0.15) is 63.1 Å². The number of rotatable bonds is 5. The lowest BCUT2D eigenvalue weighted by Gasteiger charge is -2.53. The van der Waals surface area contributed by atoms with E-state index in [9.17, 15) is 0 Å². The van der Waals surface area contributed by atoms with Crippen molar-refractivity contribution in [3.05, 3.63) is 29.3 Å². The normalized spacial score (nSPS) is 24.4. The zero-order valence-electron chi connectivity index (χ0n) is 13.0. The zero-order valence-corrected chi connectivity index (χ0v) is 13.0. The van der Waals surface area contributed by atoms with Crippen LogP contribution in [-0.2, 0) is 6.42 Å². The molecule has 2 nitrogen and oxygen atoms in total. The van der Waals surface area contributed by atoms with Crippen LogP contribution in [0.15, 0.2) is 18.2 Å². The lowest BCUT2D eigenvalue weighted by molar-refractivity contribution is -0.0446. The number of hydrogen-bond donors (Lipinski definition) is 1. The molecule has 20 heavy (non-hydrogen) atoms. The molecule has 2 N–H and O–H groups in total. The summed E-state index contributed by atoms with van der Waals surface area (Å²) < 4.78 is 0. The molecule has 110 valence electrons. The van der Waals surface area contributed by atoms with Crippen LogP contribution in [0.4, 0.5) is 5.69 Å². The second-order valence-electron chi connectivity index (χ2n) is 6.92. The van der Waals surface area contributed by atoms with E-state index in [4.69, 9.17) is 5.73 Å². The van der Waals surface area contributed by atoms with E-state index in [1.54, 1.807) is 5.56 Å². The van der Waals surface area contributed by atoms with Crippen molar-refractivity contribution in [3.8, 4) is 0 Å². The standard InChI is InChI=1S/C18H28N2/c1-3-9-18(10-4-2)12-20(13-18)17-8-5-14-11-15(19)6-7-16(14)17/h6-7,11,17H,3-5,8-10,12-13,19H2,1-2H3. The number of hydrogen-bond acceptors (Lipinski definition) is 2. The van der Waals surface area contributed by atoms with Crippen LogP contribution >= 0.6 is 0 Å². The van der Waals surface area contributed by atoms with Crippen molar-refractivity contribution in [2.75, 3.05) is 18.8 Å². The molecule has 0 amide bonds. The lowest BCUT2D eigenvalue weighted by Crippen LogP contribution is -2.56. The van der Waals surface area contributed by atoms with Crippen molar-refractivity contribution in [1.29, 1.82) is 0 Å². The fourth-order valence-electron chi connectivity index (χ4n) is 4.53. The SMILES string of the molecule is CCCC1(CCC)CN(C2CCc3cc(N)ccc32)C1. The van der Waals surface area contributed by atoms with Crippen LogP contribution < -0.4 is 5.73 Å². The maximum Gasteiger partial charge on any atom is 0.0354 e. The first-order chi connectivity index (χ1) is 9.67. The Morgan fingerprint density at radius 2 is 1.90 bits per heavy atom. The molecule has 1 aliphatic heterocycles. The van der Waals surface area contributed by atoms with E-state index in [1.807, 2.05) is 0 Å². The van der Waals surface area contributed by atoms with Crippen LogP contribution in [0.5, 0.6) is 0 Å². The number of nitrogens with two attached hydrogens (primary N) is 1. The highest BCUT2D eigenvalue weighted by molar-refractivity contribution is 5.48. The van der Waals surface area contributed by atoms with Gasteiger partial charge in [0, 0.05) is 24.8 Å². The summed E-state index contributed by atoms with van der Waals surface area (Å²) in [5.41, 5.74) is 10.5. The highest BCUT2D eigenvalue weighted by atomic mass is 15.2. The Labute approximate surface area is 123 Å². The lowest BCUT2D eigenvalue weighted by atomic mass is 9.71. The van der Waals surface area contributed by atoms with Crippen molar-refractivity contribution < 1.29 is 0 Å². The summed E-state index contributed by atoms with van der Waals surface area (Å²) in [7, 11) is 0. The van der Waals surface area contributed by atoms with Crippen LogP contribution in [0.25, 0.3) is 0 Å². The number of benzene rings is 1. The summed E-state index contributed by atoms with van der Waals surface area (Å²) in [6, 6.07) is 7.18. The number of likely N-dealkylation sites (tertiary alicyclic amines) is 1. The topological polar surface area (TPSA) is 29.3 Å². The summed E-state index contributed by atoms with van der Waals surface area (Å²) in [6.45, 7) is 7.27. The largest absolute Gasteiger partial charge is 0.399 e. The smallest absolute Gasteiger partial charge is 0.0354 e. The molecule has 1 saturated heterocycles. The molecule has 0 bridgehead atoms. The Morgan fingerprint density at radius 1 is 1.20 bits per heavy atom. The number of anilines is 1. The average Bonchev–Trinajstić information content (AvgIpc) is 2.78. The molecule has 1 atom stereocenters. The van der Waals surface area contributed by atoms with Gasteiger partial charge in [0.2, 0.25) is 0 Å². The van der Waals surface area contributed by atoms with Gasteiger partial charge < -0.3 is 5.73 Å². The van der Waals surface area contributed by atoms with Gasteiger partial charge in [-0.05, 0) is 54.4 Å². The van der Waals surface area contributed by atoms with E-state index in [-0.39, 0.29) is 0 Å². The monoisotopic (exact) mass is 272 g/mol. The second-order valence-corrected chi connectivity index (χ2v) is 6.92. The van der Waals surface area contributed by atoms with Crippen molar-refractivity contribution >= 4 is 5.69 Å². The Balaban J connectivity index is 1.69. The second kappa shape index (κ2) is 5.40. The first-order valence-electron chi connectivity index (χ1n) is 8.30. The third-order valence-corrected chi connectivity index (χ3v) is 5.29. The van der Waals surface area contributed by atoms with Crippen LogP contribution in [0.2, 0.25) is 0 Å². The van der Waals surface area contributed by atoms with Gasteiger partial charge in [0.15, 0.2) is 0 Å². The number of nitrogen functional groups attached to an aromatic ring is 1. The molecule has 1 aliphatic carbocycles. The quantitative estimate of drug-likeness (QED) is 0.816. The predicted molar refractivity (Wildman–Crippen MR) is 85.7 cm³/mol. The maximum absolute atomic E-state index is 5.91. The van der Waals surface area contributed by atoms with Gasteiger partial charge in [0.05, 0.1) is 0 Å². The van der Waals surface area contributed by atoms with Gasteiger partial charge in [-0.3, -0.25) is 4.90 Å². The molecule has 1 heterocycles. The van der Waals surface area contributed by atoms with Gasteiger partial charge in [-0.2, -0.15) is 0 Å². The van der Waals surface area contributed by atoms with Gasteiger partial charge in [0.1, 0.15) is 0 Å². The highest BCUT2D eigenvalue weighted by Crippen LogP contribution is 2.47. The van der Waals surface area contributed by atoms with Crippen molar-refractivity contribution in [2.45, 2.75) is 58.4 Å². The molecule has 1 fully saturated rings. The van der Waals surface area contributed by atoms with E-state index < -0.39 is 0 Å². The molecular formula is C18H28N2. The minimum Gasteiger partial charge on any atom is -0.399 e. The minimum absolute atomic E-state index is 0.625. The molecule has 2 heteroatoms. The summed E-state index contributed by atoms with van der Waals surface area (Å²) in [4.78, 5) is 2.72. The van der Waals surface area contributed by atoms with E-state index in [0.717, 1.165) is 5.69 Å². The van der Waals surface area contributed by atoms with E-state index >= 15 is 0 Å². The highest BCUT2D eigenvalue weighted by Gasteiger charge is 2.45. The Bertz CT molecular complexity index is 466. The molecular weight excluding hydrogens is 244 g/mol. The van der Waals surface area contributed by atoms with Crippen LogP contribution in [0, 0.1) is 5.41 Å². The minimum atomic E-state index is 0.625. The van der Waals surface area contributed by atoms with Crippen molar-refractivity contribution in [1.82, 2.24) is 4.90 Å². The van der Waals surface area contributed by atoms with Crippen LogP contribution in [0.3, 0.4) is 0 Å². The van der Waals surface area contributed by atoms with E-state index in [0.29, 0.717) is 11.5 Å². The Morgan fingerprint density at radius 3 is 2.55 bits per heavy atom.